The fourth-order valence-corrected chi connectivity index (χ4v) is 3.82. The molecule has 0 aliphatic carbocycles. The minimum atomic E-state index is 0.0273. The van der Waals surface area contributed by atoms with Gasteiger partial charge in [0.1, 0.15) is 11.6 Å². The lowest BCUT2D eigenvalue weighted by molar-refractivity contribution is -0.121. The van der Waals surface area contributed by atoms with Crippen LogP contribution in [-0.2, 0) is 17.8 Å². The molecule has 0 spiro atoms. The van der Waals surface area contributed by atoms with E-state index in [-0.39, 0.29) is 5.91 Å². The Morgan fingerprint density at radius 1 is 1.16 bits per heavy atom. The van der Waals surface area contributed by atoms with Crippen LogP contribution in [0.5, 0.6) is 5.75 Å². The van der Waals surface area contributed by atoms with Crippen molar-refractivity contribution in [3.05, 3.63) is 65.7 Å². The molecule has 0 radical (unpaired) electrons. The van der Waals surface area contributed by atoms with E-state index in [2.05, 4.69) is 26.5 Å². The first kappa shape index (κ1) is 22.7. The molecular formula is C23H29N5O2S. The lowest BCUT2D eigenvalue weighted by Crippen LogP contribution is -2.31. The first-order chi connectivity index (χ1) is 15.2. The number of pyridine rings is 1. The number of unbranched alkanes of at least 4 members (excludes halogenated alkanes) is 1. The van der Waals surface area contributed by atoms with Crippen molar-refractivity contribution in [3.8, 4) is 5.75 Å². The van der Waals surface area contributed by atoms with Crippen LogP contribution in [0.4, 0.5) is 5.13 Å². The van der Waals surface area contributed by atoms with Gasteiger partial charge in [0.2, 0.25) is 11.0 Å². The van der Waals surface area contributed by atoms with Gasteiger partial charge in [0.25, 0.3) is 0 Å². The predicted molar refractivity (Wildman–Crippen MR) is 124 cm³/mol. The maximum atomic E-state index is 12.3. The van der Waals surface area contributed by atoms with Crippen LogP contribution in [0, 0.1) is 0 Å². The molecule has 3 aromatic rings. The van der Waals surface area contributed by atoms with E-state index in [1.807, 2.05) is 36.4 Å². The van der Waals surface area contributed by atoms with E-state index >= 15 is 0 Å². The molecule has 1 N–H and O–H groups in total. The van der Waals surface area contributed by atoms with Gasteiger partial charge in [-0.1, -0.05) is 25.5 Å². The number of hydrogen-bond acceptors (Lipinski definition) is 7. The number of rotatable bonds is 12. The van der Waals surface area contributed by atoms with Crippen molar-refractivity contribution >= 4 is 22.6 Å². The molecule has 1 amide bonds. The highest BCUT2D eigenvalue weighted by Gasteiger charge is 2.14. The second kappa shape index (κ2) is 12.0. The standard InChI is InChI=1S/C23H29N5O2S/c1-3-4-13-28(14-10-22(29)25-17-18-8-11-24-12-9-18)23-26-21(27-31-23)16-19-6-5-7-20(15-19)30-2/h5-9,11-12,15H,3-4,10,13-14,16-17H2,1-2H3,(H,25,29). The maximum Gasteiger partial charge on any atom is 0.222 e. The third-order valence-corrected chi connectivity index (χ3v) is 5.67. The highest BCUT2D eigenvalue weighted by atomic mass is 32.1. The maximum absolute atomic E-state index is 12.3. The molecule has 0 saturated carbocycles. The molecule has 1 aromatic carbocycles. The van der Waals surface area contributed by atoms with Gasteiger partial charge in [0, 0.05) is 56.4 Å². The van der Waals surface area contributed by atoms with E-state index in [9.17, 15) is 4.79 Å². The van der Waals surface area contributed by atoms with Crippen molar-refractivity contribution in [1.82, 2.24) is 19.7 Å². The van der Waals surface area contributed by atoms with Crippen LogP contribution in [0.25, 0.3) is 0 Å². The molecule has 31 heavy (non-hydrogen) atoms. The average molecular weight is 440 g/mol. The first-order valence-corrected chi connectivity index (χ1v) is 11.3. The molecule has 3 rings (SSSR count). The summed E-state index contributed by atoms with van der Waals surface area (Å²) in [6.07, 6.45) is 6.66. The zero-order valence-electron chi connectivity index (χ0n) is 18.1. The Kier molecular flexibility index (Phi) is 8.78. The van der Waals surface area contributed by atoms with E-state index < -0.39 is 0 Å². The Morgan fingerprint density at radius 2 is 2.00 bits per heavy atom. The van der Waals surface area contributed by atoms with E-state index in [0.29, 0.717) is 25.9 Å². The molecule has 8 heteroatoms. The molecule has 2 aromatic heterocycles. The Morgan fingerprint density at radius 3 is 2.77 bits per heavy atom. The molecule has 0 aliphatic heterocycles. The quantitative estimate of drug-likeness (QED) is 0.462. The number of ether oxygens (including phenoxy) is 1. The van der Waals surface area contributed by atoms with Crippen molar-refractivity contribution in [2.45, 2.75) is 39.2 Å². The lowest BCUT2D eigenvalue weighted by Gasteiger charge is -2.20. The highest BCUT2D eigenvalue weighted by Crippen LogP contribution is 2.21. The average Bonchev–Trinajstić information content (AvgIpc) is 3.26. The van der Waals surface area contributed by atoms with Gasteiger partial charge in [-0.3, -0.25) is 9.78 Å². The third-order valence-electron chi connectivity index (χ3n) is 4.85. The fourth-order valence-electron chi connectivity index (χ4n) is 3.09. The minimum Gasteiger partial charge on any atom is -0.497 e. The summed E-state index contributed by atoms with van der Waals surface area (Å²) in [5, 5.41) is 3.84. The van der Waals surface area contributed by atoms with Crippen molar-refractivity contribution in [3.63, 3.8) is 0 Å². The summed E-state index contributed by atoms with van der Waals surface area (Å²) in [5.74, 6) is 1.65. The monoisotopic (exact) mass is 439 g/mol. The Bertz CT molecular complexity index is 948. The summed E-state index contributed by atoms with van der Waals surface area (Å²) in [7, 11) is 1.66. The first-order valence-electron chi connectivity index (χ1n) is 10.5. The number of methoxy groups -OCH3 is 1. The highest BCUT2D eigenvalue weighted by molar-refractivity contribution is 7.09. The van der Waals surface area contributed by atoms with Crippen LogP contribution in [-0.4, -0.2) is 40.4 Å². The summed E-state index contributed by atoms with van der Waals surface area (Å²) in [6, 6.07) is 11.8. The predicted octanol–water partition coefficient (Wildman–Crippen LogP) is 3.85. The molecule has 0 fully saturated rings. The van der Waals surface area contributed by atoms with Gasteiger partial charge >= 0.3 is 0 Å². The number of aromatic nitrogens is 3. The van der Waals surface area contributed by atoms with Gasteiger partial charge in [-0.2, -0.15) is 4.37 Å². The number of anilines is 1. The number of carbonyl (C=O) groups is 1. The Balaban J connectivity index is 1.56. The second-order valence-electron chi connectivity index (χ2n) is 7.24. The summed E-state index contributed by atoms with van der Waals surface area (Å²) in [5.41, 5.74) is 2.15. The number of amides is 1. The zero-order valence-corrected chi connectivity index (χ0v) is 18.9. The van der Waals surface area contributed by atoms with Crippen LogP contribution in [0.3, 0.4) is 0 Å². The molecule has 2 heterocycles. The molecular weight excluding hydrogens is 410 g/mol. The molecule has 0 bridgehead atoms. The molecule has 7 nitrogen and oxygen atoms in total. The smallest absolute Gasteiger partial charge is 0.222 e. The van der Waals surface area contributed by atoms with E-state index in [0.717, 1.165) is 47.2 Å². The van der Waals surface area contributed by atoms with Crippen LogP contribution >= 0.6 is 11.5 Å². The SMILES string of the molecule is CCCCN(CCC(=O)NCc1ccncc1)c1nc(Cc2cccc(OC)c2)ns1. The van der Waals surface area contributed by atoms with Gasteiger partial charge in [-0.25, -0.2) is 4.98 Å². The molecule has 0 aliphatic rings. The number of nitrogens with zero attached hydrogens (tertiary/aromatic N) is 4. The second-order valence-corrected chi connectivity index (χ2v) is 7.97. The van der Waals surface area contributed by atoms with E-state index in [1.54, 1.807) is 19.5 Å². The normalized spacial score (nSPS) is 10.6. The molecule has 0 saturated heterocycles. The van der Waals surface area contributed by atoms with E-state index in [1.165, 1.54) is 11.5 Å². The summed E-state index contributed by atoms with van der Waals surface area (Å²) < 4.78 is 9.84. The van der Waals surface area contributed by atoms with Gasteiger partial charge in [-0.15, -0.1) is 0 Å². The Hall–Kier alpha value is -3.00. The van der Waals surface area contributed by atoms with Gasteiger partial charge < -0.3 is 15.0 Å². The van der Waals surface area contributed by atoms with Crippen molar-refractivity contribution in [2.75, 3.05) is 25.1 Å². The van der Waals surface area contributed by atoms with Crippen molar-refractivity contribution < 1.29 is 9.53 Å². The number of hydrogen-bond donors (Lipinski definition) is 1. The largest absolute Gasteiger partial charge is 0.497 e. The summed E-state index contributed by atoms with van der Waals surface area (Å²) in [6.45, 7) is 4.16. The van der Waals surface area contributed by atoms with Crippen LogP contribution in [0.2, 0.25) is 0 Å². The zero-order chi connectivity index (χ0) is 21.9. The molecule has 164 valence electrons. The lowest BCUT2D eigenvalue weighted by atomic mass is 10.1. The van der Waals surface area contributed by atoms with E-state index in [4.69, 9.17) is 9.72 Å². The third kappa shape index (κ3) is 7.32. The van der Waals surface area contributed by atoms with Gasteiger partial charge in [-0.05, 0) is 41.8 Å². The van der Waals surface area contributed by atoms with Crippen molar-refractivity contribution in [1.29, 1.82) is 0 Å². The van der Waals surface area contributed by atoms with Gasteiger partial charge in [0.15, 0.2) is 0 Å². The van der Waals surface area contributed by atoms with Crippen LogP contribution in [0.1, 0.15) is 43.1 Å². The molecule has 0 atom stereocenters. The number of benzene rings is 1. The number of carbonyl (C=O) groups excluding carboxylic acids is 1. The number of nitrogens with one attached hydrogen (secondary N) is 1. The van der Waals surface area contributed by atoms with Crippen molar-refractivity contribution in [2.24, 2.45) is 0 Å². The van der Waals surface area contributed by atoms with Crippen LogP contribution < -0.4 is 15.0 Å². The van der Waals surface area contributed by atoms with Gasteiger partial charge in [0.05, 0.1) is 7.11 Å². The minimum absolute atomic E-state index is 0.0273. The van der Waals surface area contributed by atoms with Crippen LogP contribution in [0.15, 0.2) is 48.8 Å². The molecule has 0 unspecified atom stereocenters. The summed E-state index contributed by atoms with van der Waals surface area (Å²) in [4.78, 5) is 23.2. The Labute approximate surface area is 187 Å². The summed E-state index contributed by atoms with van der Waals surface area (Å²) >= 11 is 1.39. The topological polar surface area (TPSA) is 80.2 Å². The fraction of sp³-hybridized carbons (Fsp3) is 0.391.